The molecule has 7 heteroatoms. The molecule has 0 saturated heterocycles. The summed E-state index contributed by atoms with van der Waals surface area (Å²) < 4.78 is 2.72. The summed E-state index contributed by atoms with van der Waals surface area (Å²) in [6, 6.07) is 3.37. The molecule has 7 nitrogen and oxygen atoms in total. The molecule has 0 radical (unpaired) electrons. The number of aromatic nitrogens is 3. The number of fused-ring (bicyclic) bond motifs is 3. The van der Waals surface area contributed by atoms with Gasteiger partial charge in [-0.05, 0) is 31.5 Å². The first kappa shape index (κ1) is 14.0. The number of ketones is 1. The first-order valence-electron chi connectivity index (χ1n) is 6.57. The van der Waals surface area contributed by atoms with Crippen molar-refractivity contribution in [3.05, 3.63) is 45.6 Å². The van der Waals surface area contributed by atoms with Crippen LogP contribution < -0.4 is 5.56 Å². The molecule has 0 spiro atoms. The second-order valence-electron chi connectivity index (χ2n) is 5.22. The number of carboxylic acid groups (broad SMARTS) is 1. The molecule has 0 saturated carbocycles. The van der Waals surface area contributed by atoms with Gasteiger partial charge < -0.3 is 5.11 Å². The van der Waals surface area contributed by atoms with Crippen molar-refractivity contribution in [2.45, 2.75) is 13.8 Å². The third-order valence-corrected chi connectivity index (χ3v) is 3.67. The summed E-state index contributed by atoms with van der Waals surface area (Å²) in [4.78, 5) is 39.6. The molecular formula is C15H13N3O4. The number of carbonyl (C=O) groups is 2. The number of Topliss-reactive ketones (excluding diaryl/α,β-unsaturated/α-hetero) is 1. The van der Waals surface area contributed by atoms with Crippen molar-refractivity contribution in [3.63, 3.8) is 0 Å². The van der Waals surface area contributed by atoms with Crippen molar-refractivity contribution < 1.29 is 14.7 Å². The summed E-state index contributed by atoms with van der Waals surface area (Å²) in [6.45, 7) is 3.21. The molecule has 1 N–H and O–H groups in total. The summed E-state index contributed by atoms with van der Waals surface area (Å²) in [7, 11) is 1.49. The highest BCUT2D eigenvalue weighted by atomic mass is 16.4. The molecular weight excluding hydrogens is 286 g/mol. The second kappa shape index (κ2) is 4.52. The lowest BCUT2D eigenvalue weighted by atomic mass is 10.0. The fraction of sp³-hybridized carbons (Fsp3) is 0.200. The predicted octanol–water partition coefficient (Wildman–Crippen LogP) is 1.40. The van der Waals surface area contributed by atoms with Crippen LogP contribution in [0.15, 0.2) is 23.3 Å². The molecule has 0 amide bonds. The molecule has 0 aliphatic carbocycles. The van der Waals surface area contributed by atoms with Gasteiger partial charge in [-0.2, -0.15) is 0 Å². The van der Waals surface area contributed by atoms with E-state index in [1.54, 1.807) is 19.1 Å². The van der Waals surface area contributed by atoms with E-state index in [4.69, 9.17) is 0 Å². The molecule has 112 valence electrons. The van der Waals surface area contributed by atoms with Crippen molar-refractivity contribution in [2.24, 2.45) is 7.05 Å². The number of rotatable bonds is 2. The zero-order valence-electron chi connectivity index (χ0n) is 12.2. The van der Waals surface area contributed by atoms with Crippen LogP contribution >= 0.6 is 0 Å². The highest BCUT2D eigenvalue weighted by molar-refractivity contribution is 6.07. The molecule has 22 heavy (non-hydrogen) atoms. The van der Waals surface area contributed by atoms with E-state index in [1.807, 2.05) is 0 Å². The van der Waals surface area contributed by atoms with E-state index in [9.17, 15) is 19.5 Å². The zero-order chi connectivity index (χ0) is 16.2. The number of imidazole rings is 1. The standard InChI is InChI=1S/C15H13N3O4/c1-7-4-9(8(2)19)12-10(5-7)14(20)17(3)13-11(15(21)22)16-6-18(12)13/h4-6H,1-3H3,(H,21,22). The van der Waals surface area contributed by atoms with E-state index in [-0.39, 0.29) is 22.7 Å². The van der Waals surface area contributed by atoms with E-state index in [0.29, 0.717) is 16.5 Å². The van der Waals surface area contributed by atoms with E-state index < -0.39 is 5.97 Å². The van der Waals surface area contributed by atoms with E-state index in [1.165, 1.54) is 29.3 Å². The van der Waals surface area contributed by atoms with Crippen LogP contribution in [0.4, 0.5) is 0 Å². The summed E-state index contributed by atoms with van der Waals surface area (Å²) in [5, 5.41) is 9.58. The normalized spacial score (nSPS) is 11.2. The van der Waals surface area contributed by atoms with Gasteiger partial charge in [-0.25, -0.2) is 9.78 Å². The van der Waals surface area contributed by atoms with Crippen molar-refractivity contribution in [3.8, 4) is 0 Å². The number of nitrogens with zero attached hydrogens (tertiary/aromatic N) is 3. The fourth-order valence-corrected chi connectivity index (χ4v) is 2.72. The van der Waals surface area contributed by atoms with Crippen LogP contribution in [0.1, 0.15) is 33.3 Å². The van der Waals surface area contributed by atoms with Gasteiger partial charge in [-0.1, -0.05) is 0 Å². The van der Waals surface area contributed by atoms with Gasteiger partial charge in [0.1, 0.15) is 6.33 Å². The number of aryl methyl sites for hydroxylation is 2. The first-order valence-corrected chi connectivity index (χ1v) is 6.57. The predicted molar refractivity (Wildman–Crippen MR) is 79.6 cm³/mol. The summed E-state index contributed by atoms with van der Waals surface area (Å²) in [5.74, 6) is -1.43. The quantitative estimate of drug-likeness (QED) is 0.722. The van der Waals surface area contributed by atoms with Gasteiger partial charge in [-0.15, -0.1) is 0 Å². The van der Waals surface area contributed by atoms with E-state index in [0.717, 1.165) is 5.56 Å². The lowest BCUT2D eigenvalue weighted by Gasteiger charge is -2.11. The minimum absolute atomic E-state index is 0.149. The minimum atomic E-state index is -1.23. The molecule has 2 aromatic heterocycles. The second-order valence-corrected chi connectivity index (χ2v) is 5.22. The first-order chi connectivity index (χ1) is 10.3. The number of hydrogen-bond acceptors (Lipinski definition) is 4. The van der Waals surface area contributed by atoms with Crippen LogP contribution in [0.3, 0.4) is 0 Å². The van der Waals surface area contributed by atoms with Crippen molar-refractivity contribution in [1.29, 1.82) is 0 Å². The number of carbonyl (C=O) groups excluding carboxylic acids is 1. The summed E-state index contributed by atoms with van der Waals surface area (Å²) >= 11 is 0. The van der Waals surface area contributed by atoms with E-state index >= 15 is 0 Å². The van der Waals surface area contributed by atoms with Gasteiger partial charge in [0.2, 0.25) is 0 Å². The Morgan fingerprint density at radius 3 is 2.55 bits per heavy atom. The Hall–Kier alpha value is -2.96. The van der Waals surface area contributed by atoms with Crippen LogP contribution in [0, 0.1) is 6.92 Å². The smallest absolute Gasteiger partial charge is 0.358 e. The van der Waals surface area contributed by atoms with Crippen LogP contribution in [-0.4, -0.2) is 30.8 Å². The van der Waals surface area contributed by atoms with Crippen molar-refractivity contribution in [2.75, 3.05) is 0 Å². The minimum Gasteiger partial charge on any atom is -0.476 e. The molecule has 2 heterocycles. The molecule has 0 fully saturated rings. The van der Waals surface area contributed by atoms with Gasteiger partial charge in [0, 0.05) is 12.6 Å². The van der Waals surface area contributed by atoms with Crippen LogP contribution in [0.5, 0.6) is 0 Å². The fourth-order valence-electron chi connectivity index (χ4n) is 2.72. The Kier molecular flexibility index (Phi) is 2.88. The van der Waals surface area contributed by atoms with Gasteiger partial charge in [-0.3, -0.25) is 18.6 Å². The monoisotopic (exact) mass is 299 g/mol. The van der Waals surface area contributed by atoms with E-state index in [2.05, 4.69) is 4.98 Å². The lowest BCUT2D eigenvalue weighted by Crippen LogP contribution is -2.22. The summed E-state index contributed by atoms with van der Waals surface area (Å²) in [6.07, 6.45) is 1.32. The van der Waals surface area contributed by atoms with Crippen molar-refractivity contribution >= 4 is 28.3 Å². The highest BCUT2D eigenvalue weighted by Crippen LogP contribution is 2.22. The zero-order valence-corrected chi connectivity index (χ0v) is 12.2. The average molecular weight is 299 g/mol. The maximum absolute atomic E-state index is 12.6. The Morgan fingerprint density at radius 1 is 1.27 bits per heavy atom. The average Bonchev–Trinajstić information content (AvgIpc) is 2.88. The lowest BCUT2D eigenvalue weighted by molar-refractivity contribution is 0.0692. The van der Waals surface area contributed by atoms with Gasteiger partial charge >= 0.3 is 5.97 Å². The molecule has 3 rings (SSSR count). The molecule has 0 unspecified atom stereocenters. The number of aromatic carboxylic acids is 1. The Labute approximate surface area is 124 Å². The SMILES string of the molecule is CC(=O)c1cc(C)cc2c(=O)n(C)c3c(C(=O)O)ncn3c12. The third-order valence-electron chi connectivity index (χ3n) is 3.67. The van der Waals surface area contributed by atoms with Gasteiger partial charge in [0.25, 0.3) is 5.56 Å². The van der Waals surface area contributed by atoms with Crippen LogP contribution in [0.25, 0.3) is 16.6 Å². The number of hydrogen-bond donors (Lipinski definition) is 1. The number of carboxylic acids is 1. The molecule has 3 aromatic rings. The maximum atomic E-state index is 12.6. The Bertz CT molecular complexity index is 1030. The topological polar surface area (TPSA) is 93.7 Å². The number of benzene rings is 1. The summed E-state index contributed by atoms with van der Waals surface area (Å²) in [5.41, 5.74) is 1.10. The molecule has 0 bridgehead atoms. The van der Waals surface area contributed by atoms with Crippen LogP contribution in [-0.2, 0) is 7.05 Å². The van der Waals surface area contributed by atoms with Crippen LogP contribution in [0.2, 0.25) is 0 Å². The van der Waals surface area contributed by atoms with Crippen molar-refractivity contribution in [1.82, 2.24) is 14.0 Å². The molecule has 1 aromatic carbocycles. The molecule has 0 aliphatic rings. The largest absolute Gasteiger partial charge is 0.476 e. The maximum Gasteiger partial charge on any atom is 0.358 e. The van der Waals surface area contributed by atoms with Gasteiger partial charge in [0.05, 0.1) is 10.9 Å². The van der Waals surface area contributed by atoms with Gasteiger partial charge in [0.15, 0.2) is 17.1 Å². The highest BCUT2D eigenvalue weighted by Gasteiger charge is 2.21. The molecule has 0 atom stereocenters. The Morgan fingerprint density at radius 2 is 1.95 bits per heavy atom. The third kappa shape index (κ3) is 1.75. The molecule has 0 aliphatic heterocycles. The Balaban J connectivity index is 2.70.